The van der Waals surface area contributed by atoms with Gasteiger partial charge in [0.05, 0.1) is 24.1 Å². The van der Waals surface area contributed by atoms with Crippen molar-refractivity contribution in [2.24, 2.45) is 14.1 Å². The van der Waals surface area contributed by atoms with Crippen LogP contribution in [0.25, 0.3) is 0 Å². The van der Waals surface area contributed by atoms with E-state index in [0.29, 0.717) is 0 Å². The summed E-state index contributed by atoms with van der Waals surface area (Å²) in [6, 6.07) is 0.0821. The van der Waals surface area contributed by atoms with Gasteiger partial charge in [0, 0.05) is 25.9 Å². The maximum Gasteiger partial charge on any atom is 0.0799 e. The van der Waals surface area contributed by atoms with Gasteiger partial charge >= 0.3 is 0 Å². The van der Waals surface area contributed by atoms with Gasteiger partial charge in [-0.3, -0.25) is 9.36 Å². The molecule has 0 aliphatic heterocycles. The summed E-state index contributed by atoms with van der Waals surface area (Å²) in [7, 11) is 5.69. The number of rotatable bonds is 3. The molecule has 15 heavy (non-hydrogen) atoms. The second-order valence-corrected chi connectivity index (χ2v) is 3.45. The van der Waals surface area contributed by atoms with Gasteiger partial charge in [0.1, 0.15) is 0 Å². The van der Waals surface area contributed by atoms with Crippen molar-refractivity contribution in [2.75, 3.05) is 7.05 Å². The van der Waals surface area contributed by atoms with Crippen molar-refractivity contribution >= 4 is 0 Å². The van der Waals surface area contributed by atoms with Crippen LogP contribution >= 0.6 is 0 Å². The molecule has 2 rings (SSSR count). The van der Waals surface area contributed by atoms with Crippen molar-refractivity contribution in [2.45, 2.75) is 6.04 Å². The SMILES string of the molecule is CNC(c1cnn(C)c1)c1cnnn1C. The van der Waals surface area contributed by atoms with E-state index in [-0.39, 0.29) is 6.04 Å². The zero-order valence-electron chi connectivity index (χ0n) is 9.05. The fourth-order valence-corrected chi connectivity index (χ4v) is 1.63. The largest absolute Gasteiger partial charge is 0.308 e. The average molecular weight is 206 g/mol. The zero-order chi connectivity index (χ0) is 10.8. The Bertz CT molecular complexity index is 443. The van der Waals surface area contributed by atoms with E-state index >= 15 is 0 Å². The predicted molar refractivity (Wildman–Crippen MR) is 55.1 cm³/mol. The molecule has 6 nitrogen and oxygen atoms in total. The summed E-state index contributed by atoms with van der Waals surface area (Å²) < 4.78 is 3.54. The number of hydrogen-bond donors (Lipinski definition) is 1. The second kappa shape index (κ2) is 3.82. The Morgan fingerprint density at radius 2 is 2.13 bits per heavy atom. The van der Waals surface area contributed by atoms with Crippen LogP contribution in [-0.4, -0.2) is 31.8 Å². The van der Waals surface area contributed by atoms with Crippen LogP contribution < -0.4 is 5.32 Å². The monoisotopic (exact) mass is 206 g/mol. The van der Waals surface area contributed by atoms with Crippen LogP contribution in [0.2, 0.25) is 0 Å². The van der Waals surface area contributed by atoms with Gasteiger partial charge in [0.25, 0.3) is 0 Å². The van der Waals surface area contributed by atoms with Crippen LogP contribution in [0.1, 0.15) is 17.3 Å². The van der Waals surface area contributed by atoms with Gasteiger partial charge in [-0.05, 0) is 7.05 Å². The maximum absolute atomic E-state index is 4.15. The molecular formula is C9H14N6. The number of hydrogen-bond acceptors (Lipinski definition) is 4. The zero-order valence-corrected chi connectivity index (χ0v) is 9.05. The predicted octanol–water partition coefficient (Wildman–Crippen LogP) is -0.143. The molecule has 0 aliphatic rings. The van der Waals surface area contributed by atoms with E-state index in [1.807, 2.05) is 33.5 Å². The molecule has 1 unspecified atom stereocenters. The molecule has 1 N–H and O–H groups in total. The Morgan fingerprint density at radius 3 is 2.60 bits per heavy atom. The highest BCUT2D eigenvalue weighted by Crippen LogP contribution is 2.18. The number of aryl methyl sites for hydroxylation is 2. The van der Waals surface area contributed by atoms with Crippen molar-refractivity contribution < 1.29 is 0 Å². The first-order chi connectivity index (χ1) is 7.22. The molecule has 0 aliphatic carbocycles. The van der Waals surface area contributed by atoms with E-state index in [9.17, 15) is 0 Å². The first-order valence-electron chi connectivity index (χ1n) is 4.72. The molecule has 6 heteroatoms. The van der Waals surface area contributed by atoms with E-state index in [2.05, 4.69) is 20.7 Å². The van der Waals surface area contributed by atoms with Crippen LogP contribution in [0.3, 0.4) is 0 Å². The van der Waals surface area contributed by atoms with Gasteiger partial charge in [0.15, 0.2) is 0 Å². The van der Waals surface area contributed by atoms with Crippen LogP contribution in [0.4, 0.5) is 0 Å². The van der Waals surface area contributed by atoms with Crippen molar-refractivity contribution in [3.05, 3.63) is 29.8 Å². The summed E-state index contributed by atoms with van der Waals surface area (Å²) >= 11 is 0. The first-order valence-corrected chi connectivity index (χ1v) is 4.72. The molecule has 2 aromatic heterocycles. The summed E-state index contributed by atoms with van der Waals surface area (Å²) in [6.07, 6.45) is 5.58. The molecule has 0 aromatic carbocycles. The van der Waals surface area contributed by atoms with E-state index in [4.69, 9.17) is 0 Å². The fraction of sp³-hybridized carbons (Fsp3) is 0.444. The Hall–Kier alpha value is -1.69. The molecule has 2 aromatic rings. The topological polar surface area (TPSA) is 60.6 Å². The maximum atomic E-state index is 4.15. The molecule has 0 saturated carbocycles. The van der Waals surface area contributed by atoms with Gasteiger partial charge in [-0.25, -0.2) is 0 Å². The highest BCUT2D eigenvalue weighted by atomic mass is 15.4. The minimum atomic E-state index is 0.0821. The summed E-state index contributed by atoms with van der Waals surface area (Å²) in [6.45, 7) is 0. The molecule has 2 heterocycles. The van der Waals surface area contributed by atoms with Crippen LogP contribution in [0.15, 0.2) is 18.6 Å². The van der Waals surface area contributed by atoms with Crippen LogP contribution in [0, 0.1) is 0 Å². The van der Waals surface area contributed by atoms with Crippen molar-refractivity contribution in [1.82, 2.24) is 30.1 Å². The van der Waals surface area contributed by atoms with E-state index < -0.39 is 0 Å². The quantitative estimate of drug-likeness (QED) is 0.759. The third-order valence-electron chi connectivity index (χ3n) is 2.39. The van der Waals surface area contributed by atoms with Crippen LogP contribution in [-0.2, 0) is 14.1 Å². The third kappa shape index (κ3) is 1.75. The minimum Gasteiger partial charge on any atom is -0.308 e. The lowest BCUT2D eigenvalue weighted by molar-refractivity contribution is 0.597. The highest BCUT2D eigenvalue weighted by molar-refractivity contribution is 5.21. The van der Waals surface area contributed by atoms with Gasteiger partial charge < -0.3 is 5.32 Å². The molecule has 0 amide bonds. The normalized spacial score (nSPS) is 13.0. The highest BCUT2D eigenvalue weighted by Gasteiger charge is 2.17. The van der Waals surface area contributed by atoms with Gasteiger partial charge in [-0.2, -0.15) is 5.10 Å². The second-order valence-electron chi connectivity index (χ2n) is 3.45. The van der Waals surface area contributed by atoms with E-state index in [1.54, 1.807) is 15.6 Å². The van der Waals surface area contributed by atoms with Crippen LogP contribution in [0.5, 0.6) is 0 Å². The van der Waals surface area contributed by atoms with Crippen molar-refractivity contribution in [3.8, 4) is 0 Å². The van der Waals surface area contributed by atoms with E-state index in [0.717, 1.165) is 11.3 Å². The number of aromatic nitrogens is 5. The molecule has 0 fully saturated rings. The lowest BCUT2D eigenvalue weighted by Gasteiger charge is -2.13. The van der Waals surface area contributed by atoms with Crippen molar-refractivity contribution in [1.29, 1.82) is 0 Å². The third-order valence-corrected chi connectivity index (χ3v) is 2.39. The van der Waals surface area contributed by atoms with E-state index in [1.165, 1.54) is 0 Å². The summed E-state index contributed by atoms with van der Waals surface area (Å²) in [5, 5.41) is 15.2. The number of nitrogens with one attached hydrogen (secondary N) is 1. The number of nitrogens with zero attached hydrogens (tertiary/aromatic N) is 5. The lowest BCUT2D eigenvalue weighted by atomic mass is 10.1. The molecule has 0 bridgehead atoms. The Labute approximate surface area is 87.9 Å². The molecular weight excluding hydrogens is 192 g/mol. The molecule has 0 spiro atoms. The minimum absolute atomic E-state index is 0.0821. The summed E-state index contributed by atoms with van der Waals surface area (Å²) in [4.78, 5) is 0. The molecule has 80 valence electrons. The Balaban J connectivity index is 2.36. The molecule has 0 saturated heterocycles. The Kier molecular flexibility index (Phi) is 2.51. The summed E-state index contributed by atoms with van der Waals surface area (Å²) in [5.74, 6) is 0. The first kappa shape index (κ1) is 9.85. The van der Waals surface area contributed by atoms with Gasteiger partial charge in [-0.15, -0.1) is 5.10 Å². The molecule has 1 atom stereocenters. The van der Waals surface area contributed by atoms with Gasteiger partial charge in [0.2, 0.25) is 0 Å². The fourth-order valence-electron chi connectivity index (χ4n) is 1.63. The smallest absolute Gasteiger partial charge is 0.0799 e. The lowest BCUT2D eigenvalue weighted by Crippen LogP contribution is -2.20. The van der Waals surface area contributed by atoms with Gasteiger partial charge in [-0.1, -0.05) is 5.21 Å². The van der Waals surface area contributed by atoms with Crippen molar-refractivity contribution in [3.63, 3.8) is 0 Å². The Morgan fingerprint density at radius 1 is 1.33 bits per heavy atom. The standard InChI is InChI=1S/C9H14N6/c1-10-9(7-4-12-14(2)6-7)8-5-11-13-15(8)3/h4-6,9-10H,1-3H3. The molecule has 0 radical (unpaired) electrons. The summed E-state index contributed by atoms with van der Waals surface area (Å²) in [5.41, 5.74) is 2.12. The average Bonchev–Trinajstić information content (AvgIpc) is 2.79.